The summed E-state index contributed by atoms with van der Waals surface area (Å²) in [5.41, 5.74) is 4.39. The van der Waals surface area contributed by atoms with Crippen LogP contribution in [0.25, 0.3) is 11.0 Å². The highest BCUT2D eigenvalue weighted by Crippen LogP contribution is 2.31. The highest BCUT2D eigenvalue weighted by molar-refractivity contribution is 5.81. The van der Waals surface area contributed by atoms with E-state index in [1.807, 2.05) is 59.5 Å². The number of benzene rings is 3. The van der Waals surface area contributed by atoms with Gasteiger partial charge in [0, 0.05) is 25.4 Å². The van der Waals surface area contributed by atoms with Gasteiger partial charge in [0.05, 0.1) is 17.6 Å². The number of carbonyl (C=O) groups excluding carboxylic acids is 1. The fourth-order valence-corrected chi connectivity index (χ4v) is 4.50. The molecular formula is C27H27N3O2. The number of nitrogens with zero attached hydrogens (tertiary/aromatic N) is 3. The number of amides is 1. The van der Waals surface area contributed by atoms with Gasteiger partial charge in [-0.15, -0.1) is 0 Å². The zero-order valence-corrected chi connectivity index (χ0v) is 18.3. The fourth-order valence-electron chi connectivity index (χ4n) is 4.50. The number of carbonyl (C=O) groups is 1. The van der Waals surface area contributed by atoms with Gasteiger partial charge in [-0.2, -0.15) is 0 Å². The highest BCUT2D eigenvalue weighted by Gasteiger charge is 2.33. The van der Waals surface area contributed by atoms with E-state index in [4.69, 9.17) is 9.72 Å². The molecule has 0 bridgehead atoms. The van der Waals surface area contributed by atoms with Crippen LogP contribution in [0.3, 0.4) is 0 Å². The zero-order chi connectivity index (χ0) is 21.9. The first-order chi connectivity index (χ1) is 15.7. The van der Waals surface area contributed by atoms with Gasteiger partial charge in [0.25, 0.3) is 0 Å². The largest absolute Gasteiger partial charge is 0.492 e. The lowest BCUT2D eigenvalue weighted by atomic mass is 10.1. The van der Waals surface area contributed by atoms with Crippen molar-refractivity contribution in [3.8, 4) is 5.75 Å². The second-order valence-electron chi connectivity index (χ2n) is 8.44. The standard InChI is InChI=1S/C27H27N3O2/c1-20-8-7-11-23(16-20)32-15-14-30-25-13-6-5-12-24(25)28-27(30)22-17-26(31)29(19-22)18-21-9-3-2-4-10-21/h2-13,16,22H,14-15,17-19H2,1H3/t22-/m0/s1. The molecule has 0 spiro atoms. The molecule has 0 radical (unpaired) electrons. The number of aryl methyl sites for hydroxylation is 1. The van der Waals surface area contributed by atoms with E-state index in [1.54, 1.807) is 0 Å². The summed E-state index contributed by atoms with van der Waals surface area (Å²) < 4.78 is 8.25. The predicted octanol–water partition coefficient (Wildman–Crippen LogP) is 4.94. The minimum absolute atomic E-state index is 0.0811. The number of likely N-dealkylation sites (tertiary alicyclic amines) is 1. The molecule has 4 aromatic rings. The first-order valence-corrected chi connectivity index (χ1v) is 11.1. The summed E-state index contributed by atoms with van der Waals surface area (Å²) in [6.45, 7) is 4.63. The van der Waals surface area contributed by atoms with Gasteiger partial charge in [-0.1, -0.05) is 54.6 Å². The predicted molar refractivity (Wildman–Crippen MR) is 126 cm³/mol. The number of ether oxygens (including phenoxy) is 1. The molecule has 1 aliphatic rings. The number of hydrogen-bond donors (Lipinski definition) is 0. The van der Waals surface area contributed by atoms with E-state index >= 15 is 0 Å². The lowest BCUT2D eigenvalue weighted by molar-refractivity contribution is -0.128. The summed E-state index contributed by atoms with van der Waals surface area (Å²) in [7, 11) is 0. The van der Waals surface area contributed by atoms with Gasteiger partial charge < -0.3 is 14.2 Å². The van der Waals surface area contributed by atoms with Crippen molar-refractivity contribution in [2.45, 2.75) is 32.4 Å². The maximum Gasteiger partial charge on any atom is 0.223 e. The lowest BCUT2D eigenvalue weighted by Crippen LogP contribution is -2.24. The molecule has 0 saturated carbocycles. The Kier molecular flexibility index (Phi) is 5.63. The number of rotatable bonds is 7. The van der Waals surface area contributed by atoms with Crippen LogP contribution >= 0.6 is 0 Å². The summed E-state index contributed by atoms with van der Waals surface area (Å²) in [4.78, 5) is 19.7. The molecule has 5 rings (SSSR count). The third-order valence-electron chi connectivity index (χ3n) is 6.05. The van der Waals surface area contributed by atoms with Crippen LogP contribution in [0, 0.1) is 6.92 Å². The van der Waals surface area contributed by atoms with Crippen molar-refractivity contribution in [1.29, 1.82) is 0 Å². The van der Waals surface area contributed by atoms with Crippen molar-refractivity contribution >= 4 is 16.9 Å². The monoisotopic (exact) mass is 425 g/mol. The maximum atomic E-state index is 12.8. The molecule has 1 atom stereocenters. The van der Waals surface area contributed by atoms with E-state index in [2.05, 4.69) is 35.8 Å². The molecule has 5 heteroatoms. The summed E-state index contributed by atoms with van der Waals surface area (Å²) in [6, 6.07) is 26.4. The molecule has 0 N–H and O–H groups in total. The van der Waals surface area contributed by atoms with Gasteiger partial charge in [0.2, 0.25) is 5.91 Å². The second-order valence-corrected chi connectivity index (χ2v) is 8.44. The van der Waals surface area contributed by atoms with E-state index in [1.165, 1.54) is 5.56 Å². The van der Waals surface area contributed by atoms with Crippen molar-refractivity contribution < 1.29 is 9.53 Å². The van der Waals surface area contributed by atoms with Crippen molar-refractivity contribution in [1.82, 2.24) is 14.5 Å². The SMILES string of the molecule is Cc1cccc(OCCn2c([C@H]3CC(=O)N(Cc4ccccc4)C3)nc3ccccc32)c1. The molecule has 1 saturated heterocycles. The molecule has 0 aliphatic carbocycles. The number of imidazole rings is 1. The molecule has 1 aromatic heterocycles. The second kappa shape index (κ2) is 8.87. The van der Waals surface area contributed by atoms with Gasteiger partial charge in [-0.05, 0) is 42.3 Å². The molecule has 32 heavy (non-hydrogen) atoms. The Morgan fingerprint density at radius 1 is 1.00 bits per heavy atom. The van der Waals surface area contributed by atoms with E-state index in [0.717, 1.165) is 28.2 Å². The Bertz CT molecular complexity index is 1230. The Morgan fingerprint density at radius 2 is 1.81 bits per heavy atom. The van der Waals surface area contributed by atoms with E-state index in [-0.39, 0.29) is 11.8 Å². The van der Waals surface area contributed by atoms with Crippen LogP contribution in [0.1, 0.15) is 29.3 Å². The zero-order valence-electron chi connectivity index (χ0n) is 18.3. The van der Waals surface area contributed by atoms with Crippen LogP contribution in [0.4, 0.5) is 0 Å². The quantitative estimate of drug-likeness (QED) is 0.421. The molecular weight excluding hydrogens is 398 g/mol. The molecule has 1 aliphatic heterocycles. The van der Waals surface area contributed by atoms with Crippen LogP contribution in [0.2, 0.25) is 0 Å². The minimum Gasteiger partial charge on any atom is -0.492 e. The topological polar surface area (TPSA) is 47.4 Å². The van der Waals surface area contributed by atoms with Crippen molar-refractivity contribution in [3.63, 3.8) is 0 Å². The summed E-state index contributed by atoms with van der Waals surface area (Å²) in [6.07, 6.45) is 0.495. The normalized spacial score (nSPS) is 16.1. The lowest BCUT2D eigenvalue weighted by Gasteiger charge is -2.17. The van der Waals surface area contributed by atoms with E-state index in [9.17, 15) is 4.79 Å². The van der Waals surface area contributed by atoms with Gasteiger partial charge >= 0.3 is 0 Å². The Morgan fingerprint density at radius 3 is 2.66 bits per heavy atom. The highest BCUT2D eigenvalue weighted by atomic mass is 16.5. The average Bonchev–Trinajstić information content (AvgIpc) is 3.35. The maximum absolute atomic E-state index is 12.8. The molecule has 3 aromatic carbocycles. The fraction of sp³-hybridized carbons (Fsp3) is 0.259. The first kappa shape index (κ1) is 20.3. The molecule has 2 heterocycles. The van der Waals surface area contributed by atoms with E-state index in [0.29, 0.717) is 32.7 Å². The van der Waals surface area contributed by atoms with Crippen LogP contribution in [-0.2, 0) is 17.9 Å². The Labute approximate surface area is 188 Å². The number of para-hydroxylation sites is 2. The minimum atomic E-state index is 0.0811. The molecule has 1 amide bonds. The third-order valence-corrected chi connectivity index (χ3v) is 6.05. The molecule has 162 valence electrons. The van der Waals surface area contributed by atoms with Crippen molar-refractivity contribution in [2.24, 2.45) is 0 Å². The number of fused-ring (bicyclic) bond motifs is 1. The van der Waals surface area contributed by atoms with Crippen molar-refractivity contribution in [3.05, 3.63) is 95.8 Å². The summed E-state index contributed by atoms with van der Waals surface area (Å²) in [5, 5.41) is 0. The van der Waals surface area contributed by atoms with Gasteiger partial charge in [-0.3, -0.25) is 4.79 Å². The van der Waals surface area contributed by atoms with Crippen LogP contribution in [-0.4, -0.2) is 33.5 Å². The smallest absolute Gasteiger partial charge is 0.223 e. The number of aromatic nitrogens is 2. The van der Waals surface area contributed by atoms with E-state index < -0.39 is 0 Å². The summed E-state index contributed by atoms with van der Waals surface area (Å²) >= 11 is 0. The number of hydrogen-bond acceptors (Lipinski definition) is 3. The summed E-state index contributed by atoms with van der Waals surface area (Å²) in [5.74, 6) is 2.12. The molecule has 0 unspecified atom stereocenters. The third kappa shape index (κ3) is 4.24. The van der Waals surface area contributed by atoms with Crippen LogP contribution in [0.5, 0.6) is 5.75 Å². The van der Waals surface area contributed by atoms with Gasteiger partial charge in [0.1, 0.15) is 18.2 Å². The Balaban J connectivity index is 1.36. The first-order valence-electron chi connectivity index (χ1n) is 11.1. The van der Waals surface area contributed by atoms with Crippen LogP contribution < -0.4 is 4.74 Å². The Hall–Kier alpha value is -3.60. The van der Waals surface area contributed by atoms with Gasteiger partial charge in [-0.25, -0.2) is 4.98 Å². The van der Waals surface area contributed by atoms with Crippen molar-refractivity contribution in [2.75, 3.05) is 13.2 Å². The van der Waals surface area contributed by atoms with Gasteiger partial charge in [0.15, 0.2) is 0 Å². The molecule has 5 nitrogen and oxygen atoms in total. The average molecular weight is 426 g/mol. The van der Waals surface area contributed by atoms with Crippen LogP contribution in [0.15, 0.2) is 78.9 Å². The molecule has 1 fully saturated rings.